The fourth-order valence-electron chi connectivity index (χ4n) is 4.78. The van der Waals surface area contributed by atoms with E-state index < -0.39 is 23.4 Å². The number of hydrogen-bond donors (Lipinski definition) is 0. The molecule has 0 atom stereocenters. The van der Waals surface area contributed by atoms with Crippen LogP contribution in [0.2, 0.25) is 0 Å². The standard InChI is InChI=1S/C30H29F3O3/c1-3-5-19-6-8-20(9-7-19)24-16-17-25(29(33)28(24)32)21-10-12-22(13-11-21)36-30(34)26-15-14-23(35-4-2)18-27(26)31/h3,5,10-20H,4,6-9H2,1-2H3. The van der Waals surface area contributed by atoms with Gasteiger partial charge in [0.05, 0.1) is 12.2 Å². The smallest absolute Gasteiger partial charge is 0.346 e. The molecule has 1 aliphatic carbocycles. The zero-order valence-corrected chi connectivity index (χ0v) is 20.4. The Kier molecular flexibility index (Phi) is 8.14. The van der Waals surface area contributed by atoms with Gasteiger partial charge in [-0.3, -0.25) is 0 Å². The molecule has 0 N–H and O–H groups in total. The minimum absolute atomic E-state index is 0.0137. The predicted octanol–water partition coefficient (Wildman–Crippen LogP) is 8.24. The van der Waals surface area contributed by atoms with Crippen molar-refractivity contribution in [3.8, 4) is 22.6 Å². The van der Waals surface area contributed by atoms with Crippen molar-refractivity contribution >= 4 is 5.97 Å². The summed E-state index contributed by atoms with van der Waals surface area (Å²) in [6, 6.07) is 13.2. The number of benzene rings is 3. The molecule has 0 aliphatic heterocycles. The van der Waals surface area contributed by atoms with Crippen molar-refractivity contribution in [1.82, 2.24) is 0 Å². The number of hydrogen-bond acceptors (Lipinski definition) is 3. The van der Waals surface area contributed by atoms with Crippen LogP contribution in [-0.2, 0) is 0 Å². The van der Waals surface area contributed by atoms with Crippen molar-refractivity contribution in [1.29, 1.82) is 0 Å². The molecule has 0 unspecified atom stereocenters. The number of ether oxygens (including phenoxy) is 2. The maximum atomic E-state index is 15.0. The third-order valence-corrected chi connectivity index (χ3v) is 6.64. The molecule has 1 saturated carbocycles. The van der Waals surface area contributed by atoms with Crippen LogP contribution in [0.3, 0.4) is 0 Å². The van der Waals surface area contributed by atoms with Crippen LogP contribution in [0.4, 0.5) is 13.2 Å². The van der Waals surface area contributed by atoms with Crippen molar-refractivity contribution < 1.29 is 27.4 Å². The van der Waals surface area contributed by atoms with E-state index in [0.717, 1.165) is 31.7 Å². The van der Waals surface area contributed by atoms with Gasteiger partial charge in [0.1, 0.15) is 17.3 Å². The summed E-state index contributed by atoms with van der Waals surface area (Å²) in [5.74, 6) is -2.31. The number of esters is 1. The van der Waals surface area contributed by atoms with Crippen LogP contribution < -0.4 is 9.47 Å². The first-order chi connectivity index (χ1) is 17.4. The molecule has 6 heteroatoms. The van der Waals surface area contributed by atoms with Gasteiger partial charge in [-0.1, -0.05) is 36.4 Å². The van der Waals surface area contributed by atoms with Crippen LogP contribution in [0.1, 0.15) is 61.4 Å². The lowest BCUT2D eigenvalue weighted by atomic mass is 9.78. The second-order valence-corrected chi connectivity index (χ2v) is 8.96. The predicted molar refractivity (Wildman–Crippen MR) is 134 cm³/mol. The van der Waals surface area contributed by atoms with Crippen LogP contribution in [-0.4, -0.2) is 12.6 Å². The van der Waals surface area contributed by atoms with E-state index in [-0.39, 0.29) is 22.8 Å². The van der Waals surface area contributed by atoms with Gasteiger partial charge >= 0.3 is 5.97 Å². The Morgan fingerprint density at radius 1 is 0.917 bits per heavy atom. The first-order valence-corrected chi connectivity index (χ1v) is 12.3. The molecule has 0 spiro atoms. The minimum Gasteiger partial charge on any atom is -0.494 e. The molecule has 4 rings (SSSR count). The van der Waals surface area contributed by atoms with E-state index >= 15 is 8.78 Å². The summed E-state index contributed by atoms with van der Waals surface area (Å²) in [6.07, 6.45) is 7.84. The van der Waals surface area contributed by atoms with Gasteiger partial charge in [0.2, 0.25) is 0 Å². The second-order valence-electron chi connectivity index (χ2n) is 8.96. The molecule has 0 heterocycles. The summed E-state index contributed by atoms with van der Waals surface area (Å²) in [5, 5.41) is 0. The zero-order chi connectivity index (χ0) is 25.7. The van der Waals surface area contributed by atoms with E-state index in [1.165, 1.54) is 36.4 Å². The molecular weight excluding hydrogens is 465 g/mol. The Bertz CT molecular complexity index is 1240. The van der Waals surface area contributed by atoms with Gasteiger partial charge in [0.25, 0.3) is 0 Å². The summed E-state index contributed by atoms with van der Waals surface area (Å²) in [6.45, 7) is 4.15. The number of carbonyl (C=O) groups excluding carboxylic acids is 1. The highest BCUT2D eigenvalue weighted by molar-refractivity contribution is 5.91. The highest BCUT2D eigenvalue weighted by atomic mass is 19.2. The average molecular weight is 495 g/mol. The first-order valence-electron chi connectivity index (χ1n) is 12.3. The van der Waals surface area contributed by atoms with Crippen LogP contribution in [0.25, 0.3) is 11.1 Å². The summed E-state index contributed by atoms with van der Waals surface area (Å²) in [7, 11) is 0. The second kappa shape index (κ2) is 11.5. The highest BCUT2D eigenvalue weighted by Crippen LogP contribution is 2.39. The summed E-state index contributed by atoms with van der Waals surface area (Å²) in [4.78, 5) is 12.4. The van der Waals surface area contributed by atoms with E-state index in [1.807, 2.05) is 13.0 Å². The number of halogens is 3. The quantitative estimate of drug-likeness (QED) is 0.188. The Morgan fingerprint density at radius 3 is 2.25 bits per heavy atom. The summed E-state index contributed by atoms with van der Waals surface area (Å²) < 4.78 is 54.8. The molecule has 1 fully saturated rings. The maximum absolute atomic E-state index is 15.0. The number of allylic oxidation sites excluding steroid dienone is 2. The molecular formula is C30H29F3O3. The molecule has 36 heavy (non-hydrogen) atoms. The Morgan fingerprint density at radius 2 is 1.61 bits per heavy atom. The van der Waals surface area contributed by atoms with Gasteiger partial charge in [0, 0.05) is 11.6 Å². The first kappa shape index (κ1) is 25.5. The largest absolute Gasteiger partial charge is 0.494 e. The summed E-state index contributed by atoms with van der Waals surface area (Å²) >= 11 is 0. The Balaban J connectivity index is 1.46. The third-order valence-electron chi connectivity index (χ3n) is 6.64. The molecule has 3 aromatic carbocycles. The van der Waals surface area contributed by atoms with Crippen molar-refractivity contribution in [3.05, 3.63) is 95.3 Å². The van der Waals surface area contributed by atoms with Crippen molar-refractivity contribution in [2.45, 2.75) is 45.4 Å². The fourth-order valence-corrected chi connectivity index (χ4v) is 4.78. The normalized spacial score (nSPS) is 17.8. The molecule has 188 valence electrons. The summed E-state index contributed by atoms with van der Waals surface area (Å²) in [5.41, 5.74) is 0.778. The van der Waals surface area contributed by atoms with Crippen LogP contribution in [0.15, 0.2) is 66.7 Å². The average Bonchev–Trinajstić information content (AvgIpc) is 2.87. The van der Waals surface area contributed by atoms with Gasteiger partial charge in [-0.15, -0.1) is 0 Å². The van der Waals surface area contributed by atoms with Gasteiger partial charge in [0.15, 0.2) is 11.6 Å². The highest BCUT2D eigenvalue weighted by Gasteiger charge is 2.25. The molecule has 1 aliphatic rings. The van der Waals surface area contributed by atoms with Gasteiger partial charge in [-0.25, -0.2) is 18.0 Å². The lowest BCUT2D eigenvalue weighted by molar-refractivity contribution is 0.0730. The lowest BCUT2D eigenvalue weighted by Gasteiger charge is -2.27. The monoisotopic (exact) mass is 494 g/mol. The van der Waals surface area contributed by atoms with Crippen LogP contribution >= 0.6 is 0 Å². The fraction of sp³-hybridized carbons (Fsp3) is 0.300. The molecule has 0 saturated heterocycles. The minimum atomic E-state index is -0.885. The van der Waals surface area contributed by atoms with Gasteiger partial charge in [-0.2, -0.15) is 0 Å². The van der Waals surface area contributed by atoms with E-state index in [2.05, 4.69) is 6.08 Å². The molecule has 3 aromatic rings. The maximum Gasteiger partial charge on any atom is 0.346 e. The Hall–Kier alpha value is -3.54. The van der Waals surface area contributed by atoms with Crippen molar-refractivity contribution in [2.24, 2.45) is 5.92 Å². The van der Waals surface area contributed by atoms with Gasteiger partial charge in [-0.05, 0) is 86.8 Å². The molecule has 3 nitrogen and oxygen atoms in total. The molecule has 0 aromatic heterocycles. The topological polar surface area (TPSA) is 35.5 Å². The van der Waals surface area contributed by atoms with E-state index in [9.17, 15) is 9.18 Å². The van der Waals surface area contributed by atoms with Gasteiger partial charge < -0.3 is 9.47 Å². The van der Waals surface area contributed by atoms with Crippen LogP contribution in [0.5, 0.6) is 11.5 Å². The third kappa shape index (κ3) is 5.64. The SMILES string of the molecule is CC=CC1CCC(c2ccc(-c3ccc(OC(=O)c4ccc(OCC)cc4F)cc3)c(F)c2F)CC1. The molecule has 0 amide bonds. The van der Waals surface area contributed by atoms with Crippen LogP contribution in [0, 0.1) is 23.4 Å². The van der Waals surface area contributed by atoms with E-state index in [1.54, 1.807) is 19.1 Å². The van der Waals surface area contributed by atoms with E-state index in [0.29, 0.717) is 29.4 Å². The molecule has 0 bridgehead atoms. The molecule has 0 radical (unpaired) electrons. The van der Waals surface area contributed by atoms with Crippen molar-refractivity contribution in [3.63, 3.8) is 0 Å². The number of rotatable bonds is 7. The Labute approximate surface area is 209 Å². The zero-order valence-electron chi connectivity index (χ0n) is 20.4. The van der Waals surface area contributed by atoms with E-state index in [4.69, 9.17) is 9.47 Å². The number of carbonyl (C=O) groups is 1. The lowest BCUT2D eigenvalue weighted by Crippen LogP contribution is -2.13. The van der Waals surface area contributed by atoms with Crippen molar-refractivity contribution in [2.75, 3.05) is 6.61 Å².